The minimum absolute atomic E-state index is 0.0431. The summed E-state index contributed by atoms with van der Waals surface area (Å²) >= 11 is 0. The molecule has 0 bridgehead atoms. The number of nitrogens with one attached hydrogen (secondary N) is 1. The maximum atomic E-state index is 13.4. The van der Waals surface area contributed by atoms with Crippen LogP contribution in [0.25, 0.3) is 0 Å². The van der Waals surface area contributed by atoms with E-state index in [9.17, 15) is 4.79 Å². The number of amides is 1. The molecule has 1 heterocycles. The second-order valence-electron chi connectivity index (χ2n) is 11.5. The summed E-state index contributed by atoms with van der Waals surface area (Å²) in [7, 11) is 0. The van der Waals surface area contributed by atoms with Crippen molar-refractivity contribution in [3.8, 4) is 5.75 Å². The molecule has 5 rings (SSSR count). The zero-order valence-electron chi connectivity index (χ0n) is 21.4. The van der Waals surface area contributed by atoms with E-state index in [-0.39, 0.29) is 29.6 Å². The second-order valence-corrected chi connectivity index (χ2v) is 11.5. The standard InChI is InChI=1S/C31H41NO3/c1-22-16-17-27-28(18-22)35-29(20-31(27,2)32-30(33)24-12-7-4-8-13-24)25-14-9-15-26(19-25)34-21-23-10-5-3-6-11-23/h3,5-6,9-11,14-15,19,22,24,27-29H,4,7-8,12-13,16-18,20-21H2,1-2H3,(H,32,33)/t22-,27-,28-,29-,31-/m0/s1. The lowest BCUT2D eigenvalue weighted by Gasteiger charge is -2.52. The Morgan fingerprint density at radius 3 is 2.63 bits per heavy atom. The zero-order chi connectivity index (χ0) is 24.3. The van der Waals surface area contributed by atoms with Crippen LogP contribution in [-0.2, 0) is 16.1 Å². The van der Waals surface area contributed by atoms with Crippen molar-refractivity contribution in [1.82, 2.24) is 5.32 Å². The molecule has 2 aromatic rings. The molecule has 0 aromatic heterocycles. The van der Waals surface area contributed by atoms with Gasteiger partial charge in [-0.3, -0.25) is 4.79 Å². The van der Waals surface area contributed by atoms with E-state index in [1.807, 2.05) is 24.3 Å². The number of hydrogen-bond acceptors (Lipinski definition) is 3. The first-order valence-electron chi connectivity index (χ1n) is 13.7. The van der Waals surface area contributed by atoms with Crippen LogP contribution in [0.3, 0.4) is 0 Å². The van der Waals surface area contributed by atoms with Crippen LogP contribution in [0.4, 0.5) is 0 Å². The third kappa shape index (κ3) is 5.74. The summed E-state index contributed by atoms with van der Waals surface area (Å²) in [6.07, 6.45) is 10.1. The molecule has 1 saturated heterocycles. The molecule has 2 aliphatic carbocycles. The number of ether oxygens (including phenoxy) is 2. The van der Waals surface area contributed by atoms with Crippen molar-refractivity contribution >= 4 is 5.91 Å². The summed E-state index contributed by atoms with van der Waals surface area (Å²) in [4.78, 5) is 13.4. The largest absolute Gasteiger partial charge is 0.489 e. The van der Waals surface area contributed by atoms with Crippen LogP contribution in [0.15, 0.2) is 54.6 Å². The summed E-state index contributed by atoms with van der Waals surface area (Å²) in [6.45, 7) is 5.17. The first-order chi connectivity index (χ1) is 17.0. The van der Waals surface area contributed by atoms with Crippen LogP contribution in [0.5, 0.6) is 5.75 Å². The SMILES string of the molecule is C[C@H]1CC[C@H]2[C@H](C1)O[C@H](c1cccc(OCc3ccccc3)c1)C[C@]2(C)NC(=O)C1CCCCC1. The Balaban J connectivity index is 1.33. The molecule has 4 heteroatoms. The van der Waals surface area contributed by atoms with Crippen molar-refractivity contribution in [2.24, 2.45) is 17.8 Å². The van der Waals surface area contributed by atoms with Gasteiger partial charge >= 0.3 is 0 Å². The molecule has 2 saturated carbocycles. The number of hydrogen-bond donors (Lipinski definition) is 1. The van der Waals surface area contributed by atoms with Crippen molar-refractivity contribution in [2.45, 2.75) is 96.0 Å². The van der Waals surface area contributed by atoms with Crippen LogP contribution < -0.4 is 10.1 Å². The summed E-state index contributed by atoms with van der Waals surface area (Å²) in [5, 5.41) is 3.59. The van der Waals surface area contributed by atoms with Crippen LogP contribution in [0.2, 0.25) is 0 Å². The maximum Gasteiger partial charge on any atom is 0.223 e. The third-order valence-electron chi connectivity index (χ3n) is 8.68. The highest BCUT2D eigenvalue weighted by Gasteiger charge is 2.50. The van der Waals surface area contributed by atoms with Crippen molar-refractivity contribution < 1.29 is 14.3 Å². The fraction of sp³-hybridized carbons (Fsp3) is 0.581. The molecule has 2 aromatic carbocycles. The topological polar surface area (TPSA) is 47.6 Å². The highest BCUT2D eigenvalue weighted by molar-refractivity contribution is 5.79. The molecular formula is C31H41NO3. The first-order valence-corrected chi connectivity index (χ1v) is 13.7. The number of carbonyl (C=O) groups excluding carboxylic acids is 1. The molecular weight excluding hydrogens is 434 g/mol. The van der Waals surface area contributed by atoms with E-state index in [1.54, 1.807) is 0 Å². The molecule has 3 aliphatic rings. The van der Waals surface area contributed by atoms with Crippen molar-refractivity contribution in [2.75, 3.05) is 0 Å². The Morgan fingerprint density at radius 2 is 1.83 bits per heavy atom. The quantitative estimate of drug-likeness (QED) is 0.490. The molecule has 0 spiro atoms. The van der Waals surface area contributed by atoms with Gasteiger partial charge in [0, 0.05) is 23.8 Å². The molecule has 1 N–H and O–H groups in total. The average Bonchev–Trinajstić information content (AvgIpc) is 2.88. The molecule has 0 radical (unpaired) electrons. The highest BCUT2D eigenvalue weighted by Crippen LogP contribution is 2.48. The van der Waals surface area contributed by atoms with Gasteiger partial charge < -0.3 is 14.8 Å². The number of rotatable bonds is 6. The summed E-state index contributed by atoms with van der Waals surface area (Å²) < 4.78 is 12.9. The summed E-state index contributed by atoms with van der Waals surface area (Å²) in [6, 6.07) is 18.6. The van der Waals surface area contributed by atoms with Crippen molar-refractivity contribution in [1.29, 1.82) is 0 Å². The monoisotopic (exact) mass is 475 g/mol. The smallest absolute Gasteiger partial charge is 0.223 e. The van der Waals surface area contributed by atoms with Gasteiger partial charge in [-0.25, -0.2) is 0 Å². The van der Waals surface area contributed by atoms with E-state index in [0.29, 0.717) is 18.4 Å². The molecule has 1 aliphatic heterocycles. The normalized spacial score (nSPS) is 31.4. The van der Waals surface area contributed by atoms with Crippen LogP contribution >= 0.6 is 0 Å². The van der Waals surface area contributed by atoms with Gasteiger partial charge in [0.2, 0.25) is 5.91 Å². The Hall–Kier alpha value is -2.33. The van der Waals surface area contributed by atoms with Gasteiger partial charge in [-0.15, -0.1) is 0 Å². The van der Waals surface area contributed by atoms with Gasteiger partial charge in [-0.2, -0.15) is 0 Å². The van der Waals surface area contributed by atoms with E-state index in [4.69, 9.17) is 9.47 Å². The zero-order valence-corrected chi connectivity index (χ0v) is 21.4. The lowest BCUT2D eigenvalue weighted by Crippen LogP contribution is -2.61. The lowest BCUT2D eigenvalue weighted by atomic mass is 9.66. The second kappa shape index (κ2) is 10.7. The van der Waals surface area contributed by atoms with Gasteiger partial charge in [0.1, 0.15) is 12.4 Å². The molecule has 3 fully saturated rings. The highest BCUT2D eigenvalue weighted by atomic mass is 16.5. The van der Waals surface area contributed by atoms with Crippen LogP contribution in [0.1, 0.15) is 88.9 Å². The number of fused-ring (bicyclic) bond motifs is 1. The summed E-state index contributed by atoms with van der Waals surface area (Å²) in [5.74, 6) is 2.35. The van der Waals surface area contributed by atoms with Gasteiger partial charge in [0.25, 0.3) is 0 Å². The Bertz CT molecular complexity index is 986. The molecule has 0 unspecified atom stereocenters. The fourth-order valence-corrected chi connectivity index (χ4v) is 6.64. The van der Waals surface area contributed by atoms with E-state index in [2.05, 4.69) is 49.5 Å². The van der Waals surface area contributed by atoms with Crippen molar-refractivity contribution in [3.63, 3.8) is 0 Å². The van der Waals surface area contributed by atoms with Crippen molar-refractivity contribution in [3.05, 3.63) is 65.7 Å². The lowest BCUT2D eigenvalue weighted by molar-refractivity contribution is -0.155. The third-order valence-corrected chi connectivity index (χ3v) is 8.68. The average molecular weight is 476 g/mol. The van der Waals surface area contributed by atoms with E-state index in [1.165, 1.54) is 25.7 Å². The number of benzene rings is 2. The Morgan fingerprint density at radius 1 is 1.03 bits per heavy atom. The molecule has 188 valence electrons. The fourth-order valence-electron chi connectivity index (χ4n) is 6.64. The van der Waals surface area contributed by atoms with E-state index < -0.39 is 0 Å². The molecule has 1 amide bonds. The van der Waals surface area contributed by atoms with Crippen LogP contribution in [0, 0.1) is 17.8 Å². The molecule has 4 nitrogen and oxygen atoms in total. The minimum atomic E-state index is -0.247. The van der Waals surface area contributed by atoms with E-state index in [0.717, 1.165) is 49.0 Å². The Labute approximate surface area is 210 Å². The first kappa shape index (κ1) is 24.4. The van der Waals surface area contributed by atoms with Gasteiger partial charge in [-0.05, 0) is 61.8 Å². The van der Waals surface area contributed by atoms with Gasteiger partial charge in [0.15, 0.2) is 0 Å². The van der Waals surface area contributed by atoms with E-state index >= 15 is 0 Å². The minimum Gasteiger partial charge on any atom is -0.489 e. The molecule has 35 heavy (non-hydrogen) atoms. The predicted molar refractivity (Wildman–Crippen MR) is 139 cm³/mol. The number of carbonyl (C=O) groups is 1. The molecule has 5 atom stereocenters. The predicted octanol–water partition coefficient (Wildman–Crippen LogP) is 6.99. The van der Waals surface area contributed by atoms with Gasteiger partial charge in [0.05, 0.1) is 12.2 Å². The van der Waals surface area contributed by atoms with Gasteiger partial charge in [-0.1, -0.05) is 75.1 Å². The summed E-state index contributed by atoms with van der Waals surface area (Å²) in [5.41, 5.74) is 2.05. The van der Waals surface area contributed by atoms with Crippen LogP contribution in [-0.4, -0.2) is 17.6 Å². The maximum absolute atomic E-state index is 13.4. The Kier molecular flexibility index (Phi) is 7.48.